The first-order valence-corrected chi connectivity index (χ1v) is 9.81. The van der Waals surface area contributed by atoms with Crippen molar-refractivity contribution in [3.63, 3.8) is 0 Å². The lowest BCUT2D eigenvalue weighted by Gasteiger charge is -2.09. The molecular formula is C20H16N8O7. The van der Waals surface area contributed by atoms with Gasteiger partial charge in [-0.25, -0.2) is 4.68 Å². The van der Waals surface area contributed by atoms with E-state index in [0.29, 0.717) is 11.5 Å². The van der Waals surface area contributed by atoms with Crippen LogP contribution >= 0.6 is 0 Å². The Labute approximate surface area is 195 Å². The zero-order valence-electron chi connectivity index (χ0n) is 18.0. The van der Waals surface area contributed by atoms with Gasteiger partial charge in [-0.1, -0.05) is 4.98 Å². The van der Waals surface area contributed by atoms with E-state index in [1.165, 1.54) is 46.9 Å². The average Bonchev–Trinajstić information content (AvgIpc) is 3.50. The van der Waals surface area contributed by atoms with Crippen LogP contribution in [0.1, 0.15) is 10.5 Å². The summed E-state index contributed by atoms with van der Waals surface area (Å²) in [6, 6.07) is 11.9. The SMILES string of the molecule is COc1ccc(Oc2cc(NC(=O)c3ccn(Cn4cnc([N+](=O)[O-])n4)n3)cc([N+](=O)[O-])c2)cc1. The number of methoxy groups -OCH3 is 1. The maximum atomic E-state index is 12.7. The number of ether oxygens (including phenoxy) is 2. The van der Waals surface area contributed by atoms with Gasteiger partial charge in [-0.05, 0) is 35.3 Å². The Bertz CT molecular complexity index is 1400. The third-order valence-corrected chi connectivity index (χ3v) is 4.51. The molecule has 35 heavy (non-hydrogen) atoms. The fraction of sp³-hybridized carbons (Fsp3) is 0.100. The molecule has 0 aliphatic carbocycles. The number of nitrogens with one attached hydrogen (secondary N) is 1. The van der Waals surface area contributed by atoms with Crippen molar-refractivity contribution in [2.45, 2.75) is 6.67 Å². The van der Waals surface area contributed by atoms with Crippen LogP contribution in [0.4, 0.5) is 17.3 Å². The Morgan fingerprint density at radius 1 is 0.971 bits per heavy atom. The molecule has 0 bridgehead atoms. The number of benzene rings is 2. The first-order valence-electron chi connectivity index (χ1n) is 9.81. The second-order valence-corrected chi connectivity index (χ2v) is 6.93. The first kappa shape index (κ1) is 22.8. The molecule has 1 N–H and O–H groups in total. The van der Waals surface area contributed by atoms with Gasteiger partial charge in [0.1, 0.15) is 17.2 Å². The molecule has 0 unspecified atom stereocenters. The largest absolute Gasteiger partial charge is 0.497 e. The molecule has 0 spiro atoms. The molecule has 0 saturated carbocycles. The molecule has 2 aromatic heterocycles. The van der Waals surface area contributed by atoms with Crippen molar-refractivity contribution < 1.29 is 24.1 Å². The normalized spacial score (nSPS) is 10.5. The second-order valence-electron chi connectivity index (χ2n) is 6.93. The molecule has 0 aliphatic rings. The number of nitro groups is 2. The predicted octanol–water partition coefficient (Wildman–Crippen LogP) is 2.85. The van der Waals surface area contributed by atoms with E-state index in [4.69, 9.17) is 9.47 Å². The van der Waals surface area contributed by atoms with Crippen molar-refractivity contribution >= 4 is 23.2 Å². The fourth-order valence-electron chi connectivity index (χ4n) is 2.94. The van der Waals surface area contributed by atoms with Crippen LogP contribution in [0.2, 0.25) is 0 Å². The van der Waals surface area contributed by atoms with Crippen molar-refractivity contribution in [2.24, 2.45) is 0 Å². The molecule has 2 aromatic carbocycles. The average molecular weight is 480 g/mol. The lowest BCUT2D eigenvalue weighted by Crippen LogP contribution is -2.15. The first-order chi connectivity index (χ1) is 16.8. The van der Waals surface area contributed by atoms with Crippen LogP contribution in [0, 0.1) is 20.2 Å². The van der Waals surface area contributed by atoms with Gasteiger partial charge < -0.3 is 24.9 Å². The molecule has 0 radical (unpaired) electrons. The van der Waals surface area contributed by atoms with Gasteiger partial charge in [-0.3, -0.25) is 14.9 Å². The van der Waals surface area contributed by atoms with Gasteiger partial charge in [-0.15, -0.1) is 0 Å². The van der Waals surface area contributed by atoms with E-state index in [1.807, 2.05) is 0 Å². The second kappa shape index (κ2) is 9.65. The molecule has 4 rings (SSSR count). The highest BCUT2D eigenvalue weighted by molar-refractivity contribution is 6.03. The summed E-state index contributed by atoms with van der Waals surface area (Å²) in [4.78, 5) is 36.9. The number of amides is 1. The molecule has 0 aliphatic heterocycles. The summed E-state index contributed by atoms with van der Waals surface area (Å²) in [5.41, 5.74) is -0.164. The van der Waals surface area contributed by atoms with E-state index in [2.05, 4.69) is 20.5 Å². The van der Waals surface area contributed by atoms with Gasteiger partial charge in [0.05, 0.1) is 23.8 Å². The van der Waals surface area contributed by atoms with Crippen LogP contribution < -0.4 is 14.8 Å². The molecule has 0 atom stereocenters. The molecule has 15 heteroatoms. The Hall–Kier alpha value is -5.34. The number of carbonyl (C=O) groups is 1. The highest BCUT2D eigenvalue weighted by Crippen LogP contribution is 2.30. The topological polar surface area (TPSA) is 182 Å². The predicted molar refractivity (Wildman–Crippen MR) is 118 cm³/mol. The zero-order chi connectivity index (χ0) is 24.9. The van der Waals surface area contributed by atoms with Crippen LogP contribution in [0.5, 0.6) is 17.2 Å². The molecular weight excluding hydrogens is 464 g/mol. The van der Waals surface area contributed by atoms with E-state index >= 15 is 0 Å². The number of nitrogens with zero attached hydrogens (tertiary/aromatic N) is 7. The molecule has 2 heterocycles. The number of anilines is 1. The summed E-state index contributed by atoms with van der Waals surface area (Å²) in [6.45, 7) is -0.0230. The van der Waals surface area contributed by atoms with Crippen LogP contribution in [-0.2, 0) is 6.67 Å². The third-order valence-electron chi connectivity index (χ3n) is 4.51. The summed E-state index contributed by atoms with van der Waals surface area (Å²) in [6.07, 6.45) is 2.63. The Balaban J connectivity index is 1.49. The third kappa shape index (κ3) is 5.54. The number of carbonyl (C=O) groups excluding carboxylic acids is 1. The number of hydrogen-bond donors (Lipinski definition) is 1. The minimum Gasteiger partial charge on any atom is -0.497 e. The summed E-state index contributed by atoms with van der Waals surface area (Å²) >= 11 is 0. The smallest absolute Gasteiger partial charge is 0.491 e. The van der Waals surface area contributed by atoms with Gasteiger partial charge in [0.15, 0.2) is 12.4 Å². The molecule has 0 saturated heterocycles. The number of aromatic nitrogens is 5. The van der Waals surface area contributed by atoms with E-state index < -0.39 is 21.7 Å². The number of rotatable bonds is 9. The number of non-ortho nitro benzene ring substituents is 1. The summed E-state index contributed by atoms with van der Waals surface area (Å²) in [5.74, 6) is -0.0304. The van der Waals surface area contributed by atoms with E-state index in [1.54, 1.807) is 24.3 Å². The van der Waals surface area contributed by atoms with Crippen LogP contribution in [0.15, 0.2) is 61.1 Å². The van der Waals surface area contributed by atoms with Crippen molar-refractivity contribution in [3.05, 3.63) is 87.0 Å². The lowest BCUT2D eigenvalue weighted by molar-refractivity contribution is -0.394. The molecule has 1 amide bonds. The molecule has 0 fully saturated rings. The summed E-state index contributed by atoms with van der Waals surface area (Å²) in [5, 5.41) is 32.4. The van der Waals surface area contributed by atoms with Crippen LogP contribution in [0.25, 0.3) is 0 Å². The highest BCUT2D eigenvalue weighted by Gasteiger charge is 2.17. The Kier molecular flexibility index (Phi) is 6.30. The van der Waals surface area contributed by atoms with Gasteiger partial charge in [0.2, 0.25) is 6.33 Å². The van der Waals surface area contributed by atoms with Crippen LogP contribution in [-0.4, -0.2) is 47.4 Å². The van der Waals surface area contributed by atoms with Crippen molar-refractivity contribution in [1.29, 1.82) is 0 Å². The van der Waals surface area contributed by atoms with Gasteiger partial charge in [0, 0.05) is 23.4 Å². The molecule has 178 valence electrons. The van der Waals surface area contributed by atoms with E-state index in [9.17, 15) is 25.0 Å². The summed E-state index contributed by atoms with van der Waals surface area (Å²) < 4.78 is 13.3. The number of hydrogen-bond acceptors (Lipinski definition) is 10. The summed E-state index contributed by atoms with van der Waals surface area (Å²) in [7, 11) is 1.52. The quantitative estimate of drug-likeness (QED) is 0.276. The maximum absolute atomic E-state index is 12.7. The van der Waals surface area contributed by atoms with Crippen molar-refractivity contribution in [1.82, 2.24) is 24.5 Å². The van der Waals surface area contributed by atoms with Crippen molar-refractivity contribution in [3.8, 4) is 17.2 Å². The highest BCUT2D eigenvalue weighted by atomic mass is 16.6. The van der Waals surface area contributed by atoms with Gasteiger partial charge in [0.25, 0.3) is 11.6 Å². The minimum absolute atomic E-state index is 0.00347. The maximum Gasteiger partial charge on any atom is 0.491 e. The molecule has 15 nitrogen and oxygen atoms in total. The number of nitro benzene ring substituents is 1. The van der Waals surface area contributed by atoms with Gasteiger partial charge >= 0.3 is 5.95 Å². The van der Waals surface area contributed by atoms with E-state index in [-0.39, 0.29) is 29.5 Å². The van der Waals surface area contributed by atoms with E-state index in [0.717, 1.165) is 6.33 Å². The fourth-order valence-corrected chi connectivity index (χ4v) is 2.94. The van der Waals surface area contributed by atoms with Gasteiger partial charge in [-0.2, -0.15) is 9.78 Å². The minimum atomic E-state index is -0.732. The standard InChI is InChI=1S/C20H16N8O7/c1-34-15-2-4-16(5-3-15)35-17-9-13(8-14(10-17)27(30)31)22-19(29)18-6-7-25(23-18)12-26-11-21-20(24-26)28(32)33/h2-11H,12H2,1H3,(H,22,29). The molecule has 4 aromatic rings. The Morgan fingerprint density at radius 3 is 2.37 bits per heavy atom. The zero-order valence-corrected chi connectivity index (χ0v) is 18.0. The monoisotopic (exact) mass is 480 g/mol. The van der Waals surface area contributed by atoms with Crippen molar-refractivity contribution in [2.75, 3.05) is 12.4 Å². The van der Waals surface area contributed by atoms with Crippen LogP contribution in [0.3, 0.4) is 0 Å². The lowest BCUT2D eigenvalue weighted by atomic mass is 10.2. The Morgan fingerprint density at radius 2 is 1.71 bits per heavy atom.